The molecular weight excluding hydrogens is 297 g/mol. The maximum atomic E-state index is 13.0. The van der Waals surface area contributed by atoms with Gasteiger partial charge in [0, 0.05) is 25.6 Å². The van der Waals surface area contributed by atoms with Crippen LogP contribution in [0.1, 0.15) is 31.7 Å². The monoisotopic (exact) mass is 321 g/mol. The first-order valence-electron chi connectivity index (χ1n) is 8.02. The Balaban J connectivity index is 1.86. The number of nitrogens with one attached hydrogen (secondary N) is 1. The molecule has 1 aliphatic rings. The van der Waals surface area contributed by atoms with Crippen molar-refractivity contribution < 1.29 is 14.0 Å². The van der Waals surface area contributed by atoms with Gasteiger partial charge < -0.3 is 16.0 Å². The summed E-state index contributed by atoms with van der Waals surface area (Å²) in [7, 11) is 0. The molecule has 1 aromatic carbocycles. The highest BCUT2D eigenvalue weighted by Crippen LogP contribution is 2.21. The SMILES string of the molecule is C[C@H](CC(=O)N1CCC[C@@H](Cc2ccc(F)cc2)C1)NC(N)=O. The van der Waals surface area contributed by atoms with E-state index in [-0.39, 0.29) is 24.2 Å². The summed E-state index contributed by atoms with van der Waals surface area (Å²) in [6.07, 6.45) is 3.14. The van der Waals surface area contributed by atoms with Crippen LogP contribution in [0.25, 0.3) is 0 Å². The number of hydrogen-bond donors (Lipinski definition) is 2. The first-order valence-corrected chi connectivity index (χ1v) is 8.02. The van der Waals surface area contributed by atoms with Crippen molar-refractivity contribution in [3.63, 3.8) is 0 Å². The Hall–Kier alpha value is -2.11. The van der Waals surface area contributed by atoms with Crippen LogP contribution in [0.3, 0.4) is 0 Å². The molecule has 0 radical (unpaired) electrons. The Morgan fingerprint density at radius 2 is 2.09 bits per heavy atom. The quantitative estimate of drug-likeness (QED) is 0.871. The fourth-order valence-electron chi connectivity index (χ4n) is 3.10. The second-order valence-electron chi connectivity index (χ2n) is 6.29. The smallest absolute Gasteiger partial charge is 0.312 e. The van der Waals surface area contributed by atoms with Crippen LogP contribution in [0.15, 0.2) is 24.3 Å². The van der Waals surface area contributed by atoms with Gasteiger partial charge in [0.1, 0.15) is 5.82 Å². The number of amides is 3. The van der Waals surface area contributed by atoms with E-state index in [9.17, 15) is 14.0 Å². The summed E-state index contributed by atoms with van der Waals surface area (Å²) in [5.41, 5.74) is 6.16. The number of likely N-dealkylation sites (tertiary alicyclic amines) is 1. The van der Waals surface area contributed by atoms with E-state index in [4.69, 9.17) is 5.73 Å². The summed E-state index contributed by atoms with van der Waals surface area (Å²) < 4.78 is 13.0. The Kier molecular flexibility index (Phi) is 5.96. The molecule has 23 heavy (non-hydrogen) atoms. The Morgan fingerprint density at radius 1 is 1.39 bits per heavy atom. The number of primary amides is 1. The molecule has 0 spiro atoms. The van der Waals surface area contributed by atoms with Crippen LogP contribution in [0.5, 0.6) is 0 Å². The van der Waals surface area contributed by atoms with Crippen LogP contribution in [0, 0.1) is 11.7 Å². The van der Waals surface area contributed by atoms with Crippen LogP contribution in [0.2, 0.25) is 0 Å². The summed E-state index contributed by atoms with van der Waals surface area (Å²) in [6, 6.07) is 5.66. The van der Waals surface area contributed by atoms with E-state index < -0.39 is 6.03 Å². The van der Waals surface area contributed by atoms with Crippen LogP contribution in [-0.2, 0) is 11.2 Å². The highest BCUT2D eigenvalue weighted by Gasteiger charge is 2.24. The van der Waals surface area contributed by atoms with Gasteiger partial charge in [-0.2, -0.15) is 0 Å². The molecule has 1 aromatic rings. The van der Waals surface area contributed by atoms with Crippen molar-refractivity contribution in [2.75, 3.05) is 13.1 Å². The fourth-order valence-corrected chi connectivity index (χ4v) is 3.10. The number of rotatable bonds is 5. The fraction of sp³-hybridized carbons (Fsp3) is 0.529. The van der Waals surface area contributed by atoms with E-state index in [2.05, 4.69) is 5.32 Å². The minimum absolute atomic E-state index is 0.0371. The van der Waals surface area contributed by atoms with Crippen LogP contribution in [0.4, 0.5) is 9.18 Å². The van der Waals surface area contributed by atoms with E-state index in [1.54, 1.807) is 19.1 Å². The average molecular weight is 321 g/mol. The van der Waals surface area contributed by atoms with Crippen LogP contribution < -0.4 is 11.1 Å². The number of nitrogens with zero attached hydrogens (tertiary/aromatic N) is 1. The molecular formula is C17H24FN3O2. The topological polar surface area (TPSA) is 75.4 Å². The van der Waals surface area contributed by atoms with Crippen molar-refractivity contribution in [1.82, 2.24) is 10.2 Å². The predicted octanol–water partition coefficient (Wildman–Crippen LogP) is 2.05. The summed E-state index contributed by atoms with van der Waals surface area (Å²) in [5.74, 6) is 0.192. The highest BCUT2D eigenvalue weighted by atomic mass is 19.1. The zero-order chi connectivity index (χ0) is 16.8. The number of nitrogens with two attached hydrogens (primary N) is 1. The maximum Gasteiger partial charge on any atom is 0.312 e. The number of urea groups is 1. The largest absolute Gasteiger partial charge is 0.352 e. The summed E-state index contributed by atoms with van der Waals surface area (Å²) in [5, 5.41) is 2.52. The number of carbonyl (C=O) groups excluding carboxylic acids is 2. The normalized spacial score (nSPS) is 19.2. The molecule has 0 saturated carbocycles. The molecule has 3 amide bonds. The standard InChI is InChI=1S/C17H24FN3O2/c1-12(20-17(19)23)9-16(22)21-8-2-3-14(11-21)10-13-4-6-15(18)7-5-13/h4-7,12,14H,2-3,8-11H2,1H3,(H3,19,20,23)/t12-,14+/m1/s1. The van der Waals surface area contributed by atoms with Gasteiger partial charge in [0.2, 0.25) is 5.91 Å². The van der Waals surface area contributed by atoms with Crippen molar-refractivity contribution in [2.45, 2.75) is 38.6 Å². The molecule has 0 aliphatic carbocycles. The van der Waals surface area contributed by atoms with E-state index in [0.717, 1.165) is 31.4 Å². The summed E-state index contributed by atoms with van der Waals surface area (Å²) in [6.45, 7) is 3.23. The van der Waals surface area contributed by atoms with Gasteiger partial charge in [0.15, 0.2) is 0 Å². The molecule has 0 unspecified atom stereocenters. The maximum absolute atomic E-state index is 13.0. The molecule has 3 N–H and O–H groups in total. The molecule has 0 aromatic heterocycles. The van der Waals surface area contributed by atoms with Crippen molar-refractivity contribution in [1.29, 1.82) is 0 Å². The van der Waals surface area contributed by atoms with E-state index in [1.165, 1.54) is 12.1 Å². The number of halogens is 1. The van der Waals surface area contributed by atoms with E-state index in [0.29, 0.717) is 12.5 Å². The third kappa shape index (κ3) is 5.54. The van der Waals surface area contributed by atoms with Gasteiger partial charge in [-0.05, 0) is 49.8 Å². The zero-order valence-electron chi connectivity index (χ0n) is 13.4. The first kappa shape index (κ1) is 17.2. The molecule has 1 saturated heterocycles. The Labute approximate surface area is 136 Å². The minimum Gasteiger partial charge on any atom is -0.352 e. The van der Waals surface area contributed by atoms with Crippen molar-refractivity contribution >= 4 is 11.9 Å². The van der Waals surface area contributed by atoms with Crippen molar-refractivity contribution in [2.24, 2.45) is 11.7 Å². The highest BCUT2D eigenvalue weighted by molar-refractivity contribution is 5.78. The molecule has 5 nitrogen and oxygen atoms in total. The lowest BCUT2D eigenvalue weighted by atomic mass is 9.91. The van der Waals surface area contributed by atoms with Crippen LogP contribution >= 0.6 is 0 Å². The third-order valence-electron chi connectivity index (χ3n) is 4.18. The van der Waals surface area contributed by atoms with E-state index >= 15 is 0 Å². The van der Waals surface area contributed by atoms with Crippen molar-refractivity contribution in [3.05, 3.63) is 35.6 Å². The Bertz CT molecular complexity index is 547. The molecule has 1 heterocycles. The molecule has 6 heteroatoms. The van der Waals surface area contributed by atoms with Gasteiger partial charge in [0.05, 0.1) is 0 Å². The molecule has 1 aliphatic heterocycles. The van der Waals surface area contributed by atoms with E-state index in [1.807, 2.05) is 4.90 Å². The summed E-state index contributed by atoms with van der Waals surface area (Å²) in [4.78, 5) is 25.0. The lowest BCUT2D eigenvalue weighted by Crippen LogP contribution is -2.44. The Morgan fingerprint density at radius 3 is 2.74 bits per heavy atom. The number of benzene rings is 1. The molecule has 0 bridgehead atoms. The number of hydrogen-bond acceptors (Lipinski definition) is 2. The third-order valence-corrected chi connectivity index (χ3v) is 4.18. The van der Waals surface area contributed by atoms with Crippen LogP contribution in [-0.4, -0.2) is 36.0 Å². The van der Waals surface area contributed by atoms with Gasteiger partial charge in [-0.25, -0.2) is 9.18 Å². The summed E-state index contributed by atoms with van der Waals surface area (Å²) >= 11 is 0. The van der Waals surface area contributed by atoms with Gasteiger partial charge in [-0.15, -0.1) is 0 Å². The predicted molar refractivity (Wildman–Crippen MR) is 86.2 cm³/mol. The first-order chi connectivity index (χ1) is 10.9. The van der Waals surface area contributed by atoms with Gasteiger partial charge >= 0.3 is 6.03 Å². The lowest BCUT2D eigenvalue weighted by molar-refractivity contribution is -0.133. The molecule has 126 valence electrons. The average Bonchev–Trinajstić information content (AvgIpc) is 2.49. The second kappa shape index (κ2) is 7.94. The number of piperidine rings is 1. The molecule has 1 fully saturated rings. The minimum atomic E-state index is -0.613. The number of carbonyl (C=O) groups is 2. The lowest BCUT2D eigenvalue weighted by Gasteiger charge is -2.33. The van der Waals surface area contributed by atoms with Crippen molar-refractivity contribution in [3.8, 4) is 0 Å². The zero-order valence-corrected chi connectivity index (χ0v) is 13.4. The second-order valence-corrected chi connectivity index (χ2v) is 6.29. The van der Waals surface area contributed by atoms with Gasteiger partial charge in [-0.3, -0.25) is 4.79 Å². The van der Waals surface area contributed by atoms with Gasteiger partial charge in [-0.1, -0.05) is 12.1 Å². The van der Waals surface area contributed by atoms with Gasteiger partial charge in [0.25, 0.3) is 0 Å². The molecule has 2 atom stereocenters. The molecule has 2 rings (SSSR count).